The van der Waals surface area contributed by atoms with Crippen LogP contribution < -0.4 is 5.32 Å². The summed E-state index contributed by atoms with van der Waals surface area (Å²) in [6.45, 7) is 4.84. The average molecular weight is 396 g/mol. The van der Waals surface area contributed by atoms with Gasteiger partial charge in [0.15, 0.2) is 11.8 Å². The summed E-state index contributed by atoms with van der Waals surface area (Å²) in [5, 5.41) is 2.74. The van der Waals surface area contributed by atoms with E-state index in [1.807, 2.05) is 30.3 Å². The van der Waals surface area contributed by atoms with Crippen molar-refractivity contribution in [3.63, 3.8) is 0 Å². The quantitative estimate of drug-likeness (QED) is 0.631. The summed E-state index contributed by atoms with van der Waals surface area (Å²) in [5.41, 5.74) is 1.49. The minimum Gasteiger partial charge on any atom is -0.448 e. The van der Waals surface area contributed by atoms with Gasteiger partial charge in [-0.1, -0.05) is 30.3 Å². The van der Waals surface area contributed by atoms with E-state index in [0.29, 0.717) is 11.7 Å². The van der Waals surface area contributed by atoms with Crippen LogP contribution in [0.2, 0.25) is 0 Å². The number of ether oxygens (including phenoxy) is 1. The molecule has 0 saturated heterocycles. The molecule has 0 aliphatic rings. The van der Waals surface area contributed by atoms with Crippen LogP contribution in [0.25, 0.3) is 11.5 Å². The summed E-state index contributed by atoms with van der Waals surface area (Å²) in [4.78, 5) is 29.0. The van der Waals surface area contributed by atoms with Crippen molar-refractivity contribution in [2.75, 3.05) is 0 Å². The first-order valence-corrected chi connectivity index (χ1v) is 9.15. The fourth-order valence-electron chi connectivity index (χ4n) is 2.73. The molecular weight excluding hydrogens is 375 g/mol. The number of hydrogen-bond donors (Lipinski definition) is 1. The third kappa shape index (κ3) is 4.87. The fourth-order valence-corrected chi connectivity index (χ4v) is 2.73. The number of carbonyl (C=O) groups is 2. The van der Waals surface area contributed by atoms with Crippen molar-refractivity contribution in [2.24, 2.45) is 0 Å². The molecule has 29 heavy (non-hydrogen) atoms. The van der Waals surface area contributed by atoms with E-state index in [0.717, 1.165) is 11.1 Å². The van der Waals surface area contributed by atoms with Crippen molar-refractivity contribution >= 4 is 11.9 Å². The van der Waals surface area contributed by atoms with E-state index in [1.54, 1.807) is 26.0 Å². The number of halogens is 1. The van der Waals surface area contributed by atoms with Crippen LogP contribution in [0.1, 0.15) is 41.7 Å². The Balaban J connectivity index is 1.63. The summed E-state index contributed by atoms with van der Waals surface area (Å²) in [6.07, 6.45) is -1.04. The fraction of sp³-hybridized carbons (Fsp3) is 0.227. The summed E-state index contributed by atoms with van der Waals surface area (Å²) >= 11 is 0. The highest BCUT2D eigenvalue weighted by Crippen LogP contribution is 2.22. The number of oxazole rings is 1. The van der Waals surface area contributed by atoms with Gasteiger partial charge < -0.3 is 14.5 Å². The highest BCUT2D eigenvalue weighted by molar-refractivity contribution is 5.91. The number of aryl methyl sites for hydroxylation is 1. The van der Waals surface area contributed by atoms with E-state index in [-0.39, 0.29) is 17.6 Å². The maximum absolute atomic E-state index is 13.0. The first kappa shape index (κ1) is 20.3. The van der Waals surface area contributed by atoms with Crippen molar-refractivity contribution in [3.8, 4) is 11.5 Å². The highest BCUT2D eigenvalue weighted by atomic mass is 19.1. The minimum atomic E-state index is -1.04. The Labute approximate surface area is 167 Å². The van der Waals surface area contributed by atoms with Crippen LogP contribution in [0, 0.1) is 12.7 Å². The Kier molecular flexibility index (Phi) is 6.07. The molecule has 0 bridgehead atoms. The zero-order valence-electron chi connectivity index (χ0n) is 16.3. The number of hydrogen-bond acceptors (Lipinski definition) is 5. The number of nitrogens with one attached hydrogen (secondary N) is 1. The third-order valence-corrected chi connectivity index (χ3v) is 4.39. The molecular formula is C22H21FN2O4. The lowest BCUT2D eigenvalue weighted by Crippen LogP contribution is -2.37. The van der Waals surface area contributed by atoms with Crippen LogP contribution in [-0.2, 0) is 9.53 Å². The van der Waals surface area contributed by atoms with E-state index in [1.165, 1.54) is 19.1 Å². The largest absolute Gasteiger partial charge is 0.448 e. The second kappa shape index (κ2) is 8.68. The molecule has 150 valence electrons. The van der Waals surface area contributed by atoms with E-state index >= 15 is 0 Å². The van der Waals surface area contributed by atoms with E-state index < -0.39 is 18.0 Å². The Bertz CT molecular complexity index is 999. The number of esters is 1. The summed E-state index contributed by atoms with van der Waals surface area (Å²) in [5.74, 6) is -0.962. The van der Waals surface area contributed by atoms with E-state index in [2.05, 4.69) is 10.3 Å². The van der Waals surface area contributed by atoms with Crippen LogP contribution in [0.5, 0.6) is 0 Å². The Morgan fingerprint density at radius 1 is 1.07 bits per heavy atom. The molecule has 7 heteroatoms. The van der Waals surface area contributed by atoms with Crippen LogP contribution in [0.4, 0.5) is 4.39 Å². The first-order chi connectivity index (χ1) is 13.8. The second-order valence-corrected chi connectivity index (χ2v) is 6.62. The topological polar surface area (TPSA) is 81.4 Å². The average Bonchev–Trinajstić information content (AvgIpc) is 3.11. The number of rotatable bonds is 6. The summed E-state index contributed by atoms with van der Waals surface area (Å²) < 4.78 is 23.8. The van der Waals surface area contributed by atoms with Gasteiger partial charge in [0.2, 0.25) is 5.89 Å². The molecule has 3 rings (SSSR count). The van der Waals surface area contributed by atoms with Crippen LogP contribution >= 0.6 is 0 Å². The molecule has 2 atom stereocenters. The summed E-state index contributed by atoms with van der Waals surface area (Å²) in [7, 11) is 0. The molecule has 0 unspecified atom stereocenters. The molecule has 1 heterocycles. The molecule has 6 nitrogen and oxygen atoms in total. The zero-order valence-corrected chi connectivity index (χ0v) is 16.3. The van der Waals surface area contributed by atoms with Crippen molar-refractivity contribution in [1.82, 2.24) is 10.3 Å². The van der Waals surface area contributed by atoms with Crippen LogP contribution in [-0.4, -0.2) is 23.0 Å². The lowest BCUT2D eigenvalue weighted by Gasteiger charge is -2.18. The van der Waals surface area contributed by atoms with Crippen molar-refractivity contribution in [2.45, 2.75) is 32.9 Å². The van der Waals surface area contributed by atoms with Gasteiger partial charge in [-0.05, 0) is 50.6 Å². The van der Waals surface area contributed by atoms with Gasteiger partial charge in [-0.25, -0.2) is 14.2 Å². The highest BCUT2D eigenvalue weighted by Gasteiger charge is 2.25. The van der Waals surface area contributed by atoms with E-state index in [9.17, 15) is 14.0 Å². The van der Waals surface area contributed by atoms with Gasteiger partial charge in [-0.2, -0.15) is 0 Å². The van der Waals surface area contributed by atoms with Crippen LogP contribution in [0.3, 0.4) is 0 Å². The van der Waals surface area contributed by atoms with Gasteiger partial charge >= 0.3 is 5.97 Å². The standard InChI is InChI=1S/C22H21FN2O4/c1-13(16-9-11-18(23)12-10-16)24-20(26)15(3)29-22(27)19-14(2)28-21(25-19)17-7-5-4-6-8-17/h4-13,15H,1-3H3,(H,24,26)/t13-,15-/m0/s1. The van der Waals surface area contributed by atoms with Gasteiger partial charge in [-0.15, -0.1) is 0 Å². The molecule has 3 aromatic rings. The lowest BCUT2D eigenvalue weighted by molar-refractivity contribution is -0.129. The Hall–Kier alpha value is -3.48. The van der Waals surface area contributed by atoms with Gasteiger partial charge in [-0.3, -0.25) is 4.79 Å². The third-order valence-electron chi connectivity index (χ3n) is 4.39. The number of amides is 1. The molecule has 0 aliphatic heterocycles. The van der Waals surface area contributed by atoms with Gasteiger partial charge in [0, 0.05) is 5.56 Å². The second-order valence-electron chi connectivity index (χ2n) is 6.62. The number of nitrogens with zero attached hydrogens (tertiary/aromatic N) is 1. The maximum atomic E-state index is 13.0. The Morgan fingerprint density at radius 3 is 2.38 bits per heavy atom. The van der Waals surface area contributed by atoms with Crippen LogP contribution in [0.15, 0.2) is 59.0 Å². The van der Waals surface area contributed by atoms with E-state index in [4.69, 9.17) is 9.15 Å². The van der Waals surface area contributed by atoms with Gasteiger partial charge in [0.05, 0.1) is 6.04 Å². The number of aromatic nitrogens is 1. The molecule has 0 spiro atoms. The normalized spacial score (nSPS) is 12.8. The smallest absolute Gasteiger partial charge is 0.361 e. The van der Waals surface area contributed by atoms with Crippen molar-refractivity contribution in [3.05, 3.63) is 77.4 Å². The Morgan fingerprint density at radius 2 is 1.72 bits per heavy atom. The zero-order chi connectivity index (χ0) is 21.0. The first-order valence-electron chi connectivity index (χ1n) is 9.15. The number of benzene rings is 2. The predicted molar refractivity (Wildman–Crippen MR) is 105 cm³/mol. The van der Waals surface area contributed by atoms with Crippen molar-refractivity contribution in [1.29, 1.82) is 0 Å². The minimum absolute atomic E-state index is 0.0232. The molecule has 0 radical (unpaired) electrons. The number of carbonyl (C=O) groups excluding carboxylic acids is 2. The molecule has 2 aromatic carbocycles. The SMILES string of the molecule is Cc1oc(-c2ccccc2)nc1C(=O)O[C@@H](C)C(=O)N[C@@H](C)c1ccc(F)cc1. The molecule has 1 N–H and O–H groups in total. The summed E-state index contributed by atoms with van der Waals surface area (Å²) in [6, 6.07) is 14.6. The van der Waals surface area contributed by atoms with Crippen molar-refractivity contribution < 1.29 is 23.1 Å². The molecule has 0 fully saturated rings. The molecule has 0 saturated carbocycles. The molecule has 0 aliphatic carbocycles. The van der Waals surface area contributed by atoms with Gasteiger partial charge in [0.1, 0.15) is 11.6 Å². The maximum Gasteiger partial charge on any atom is 0.361 e. The monoisotopic (exact) mass is 396 g/mol. The molecule has 1 amide bonds. The molecule has 1 aromatic heterocycles. The van der Waals surface area contributed by atoms with Gasteiger partial charge in [0.25, 0.3) is 5.91 Å². The lowest BCUT2D eigenvalue weighted by atomic mass is 10.1. The predicted octanol–water partition coefficient (Wildman–Crippen LogP) is 4.21.